The molecular weight excluding hydrogens is 350 g/mol. The van der Waals surface area contributed by atoms with Crippen molar-refractivity contribution in [2.24, 2.45) is 5.92 Å². The molecule has 2 aromatic carbocycles. The number of rotatable bonds is 5. The third-order valence-corrected chi connectivity index (χ3v) is 6.00. The van der Waals surface area contributed by atoms with Crippen LogP contribution >= 0.6 is 0 Å². The van der Waals surface area contributed by atoms with Crippen molar-refractivity contribution in [3.63, 3.8) is 0 Å². The molecule has 0 N–H and O–H groups in total. The summed E-state index contributed by atoms with van der Waals surface area (Å²) in [6, 6.07) is 18.0. The summed E-state index contributed by atoms with van der Waals surface area (Å²) in [4.78, 5) is 12.2. The van der Waals surface area contributed by atoms with Crippen LogP contribution in [0.15, 0.2) is 54.6 Å². The van der Waals surface area contributed by atoms with E-state index in [9.17, 15) is 13.2 Å². The highest BCUT2D eigenvalue weighted by Crippen LogP contribution is 2.22. The van der Waals surface area contributed by atoms with Gasteiger partial charge in [-0.1, -0.05) is 54.6 Å². The molecule has 0 aromatic heterocycles. The number of benzene rings is 2. The highest BCUT2D eigenvalue weighted by molar-refractivity contribution is 7.88. The van der Waals surface area contributed by atoms with E-state index < -0.39 is 10.0 Å². The molecule has 1 aliphatic rings. The van der Waals surface area contributed by atoms with Crippen LogP contribution in [0.1, 0.15) is 18.4 Å². The maximum atomic E-state index is 12.2. The van der Waals surface area contributed by atoms with E-state index in [2.05, 4.69) is 12.1 Å². The van der Waals surface area contributed by atoms with E-state index in [0.717, 1.165) is 16.7 Å². The lowest BCUT2D eigenvalue weighted by atomic mass is 9.98. The molecule has 0 saturated carbocycles. The molecule has 6 heteroatoms. The van der Waals surface area contributed by atoms with Crippen LogP contribution < -0.4 is 0 Å². The van der Waals surface area contributed by atoms with Crippen molar-refractivity contribution in [1.29, 1.82) is 0 Å². The number of sulfonamides is 1. The largest absolute Gasteiger partial charge is 0.461 e. The maximum Gasteiger partial charge on any atom is 0.309 e. The summed E-state index contributed by atoms with van der Waals surface area (Å²) >= 11 is 0. The standard InChI is InChI=1S/C20H23NO4S/c1-26(23,24)21-13-11-19(12-14-21)20(22)25-15-16-7-9-18(10-8-16)17-5-3-2-4-6-17/h2-10,19H,11-15H2,1H3. The predicted octanol–water partition coefficient (Wildman–Crippen LogP) is 3.07. The number of carbonyl (C=O) groups excluding carboxylic acids is 1. The van der Waals surface area contributed by atoms with Gasteiger partial charge in [0.25, 0.3) is 0 Å². The Kier molecular flexibility index (Phi) is 5.74. The lowest BCUT2D eigenvalue weighted by Gasteiger charge is -2.28. The molecule has 5 nitrogen and oxygen atoms in total. The Labute approximate surface area is 154 Å². The van der Waals surface area contributed by atoms with Crippen LogP contribution in [0.3, 0.4) is 0 Å². The molecule has 138 valence electrons. The van der Waals surface area contributed by atoms with E-state index in [1.54, 1.807) is 0 Å². The second kappa shape index (κ2) is 8.01. The topological polar surface area (TPSA) is 63.7 Å². The van der Waals surface area contributed by atoms with Gasteiger partial charge in [-0.25, -0.2) is 12.7 Å². The average Bonchev–Trinajstić information content (AvgIpc) is 2.66. The summed E-state index contributed by atoms with van der Waals surface area (Å²) in [5.74, 6) is -0.470. The molecule has 0 atom stereocenters. The molecular formula is C20H23NO4S. The Morgan fingerprint density at radius 1 is 1.00 bits per heavy atom. The number of esters is 1. The first-order valence-electron chi connectivity index (χ1n) is 8.69. The number of ether oxygens (including phenoxy) is 1. The summed E-state index contributed by atoms with van der Waals surface area (Å²) in [6.45, 7) is 0.995. The number of hydrogen-bond acceptors (Lipinski definition) is 4. The first kappa shape index (κ1) is 18.6. The van der Waals surface area contributed by atoms with Crippen molar-refractivity contribution in [3.8, 4) is 11.1 Å². The second-order valence-electron chi connectivity index (χ2n) is 6.61. The average molecular weight is 373 g/mol. The van der Waals surface area contributed by atoms with Gasteiger partial charge in [-0.05, 0) is 29.5 Å². The fourth-order valence-corrected chi connectivity index (χ4v) is 3.99. The van der Waals surface area contributed by atoms with E-state index in [4.69, 9.17) is 4.74 Å². The van der Waals surface area contributed by atoms with Crippen LogP contribution in [0.5, 0.6) is 0 Å². The summed E-state index contributed by atoms with van der Waals surface area (Å²) in [5, 5.41) is 0. The second-order valence-corrected chi connectivity index (χ2v) is 8.59. The quantitative estimate of drug-likeness (QED) is 0.756. The molecule has 1 fully saturated rings. The third-order valence-electron chi connectivity index (χ3n) is 4.70. The van der Waals surface area contributed by atoms with Crippen molar-refractivity contribution in [3.05, 3.63) is 60.2 Å². The smallest absolute Gasteiger partial charge is 0.309 e. The maximum absolute atomic E-state index is 12.2. The Bertz CT molecular complexity index is 839. The fraction of sp³-hybridized carbons (Fsp3) is 0.350. The van der Waals surface area contributed by atoms with Crippen LogP contribution in [0.25, 0.3) is 11.1 Å². The van der Waals surface area contributed by atoms with Crippen molar-refractivity contribution in [1.82, 2.24) is 4.31 Å². The van der Waals surface area contributed by atoms with Crippen LogP contribution in [-0.2, 0) is 26.2 Å². The Balaban J connectivity index is 1.51. The van der Waals surface area contributed by atoms with Crippen LogP contribution in [0, 0.1) is 5.92 Å². The Morgan fingerprint density at radius 2 is 1.58 bits per heavy atom. The van der Waals surface area contributed by atoms with Gasteiger partial charge >= 0.3 is 5.97 Å². The summed E-state index contributed by atoms with van der Waals surface area (Å²) in [6.07, 6.45) is 2.22. The van der Waals surface area contributed by atoms with Gasteiger partial charge in [0.1, 0.15) is 6.61 Å². The van der Waals surface area contributed by atoms with Gasteiger partial charge in [0, 0.05) is 13.1 Å². The van der Waals surface area contributed by atoms with Crippen molar-refractivity contribution >= 4 is 16.0 Å². The Hall–Kier alpha value is -2.18. The van der Waals surface area contributed by atoms with Gasteiger partial charge in [-0.2, -0.15) is 0 Å². The number of piperidine rings is 1. The minimum atomic E-state index is -3.18. The summed E-state index contributed by atoms with van der Waals surface area (Å²) < 4.78 is 29.9. The van der Waals surface area contributed by atoms with E-state index >= 15 is 0 Å². The lowest BCUT2D eigenvalue weighted by Crippen LogP contribution is -2.40. The summed E-state index contributed by atoms with van der Waals surface area (Å²) in [7, 11) is -3.18. The van der Waals surface area contributed by atoms with Gasteiger partial charge in [-0.3, -0.25) is 4.79 Å². The zero-order valence-electron chi connectivity index (χ0n) is 14.8. The molecule has 0 unspecified atom stereocenters. The highest BCUT2D eigenvalue weighted by Gasteiger charge is 2.29. The normalized spacial score (nSPS) is 16.3. The van der Waals surface area contributed by atoms with Gasteiger partial charge < -0.3 is 4.74 Å². The van der Waals surface area contributed by atoms with Crippen LogP contribution in [-0.4, -0.2) is 38.0 Å². The van der Waals surface area contributed by atoms with Gasteiger partial charge in [0.2, 0.25) is 10.0 Å². The third kappa shape index (κ3) is 4.71. The molecule has 1 saturated heterocycles. The highest BCUT2D eigenvalue weighted by atomic mass is 32.2. The van der Waals surface area contributed by atoms with Gasteiger partial charge in [0.15, 0.2) is 0 Å². The minimum absolute atomic E-state index is 0.225. The molecule has 1 heterocycles. The van der Waals surface area contributed by atoms with E-state index in [0.29, 0.717) is 25.9 Å². The molecule has 26 heavy (non-hydrogen) atoms. The van der Waals surface area contributed by atoms with Gasteiger partial charge in [-0.15, -0.1) is 0 Å². The van der Waals surface area contributed by atoms with E-state index in [-0.39, 0.29) is 18.5 Å². The fourth-order valence-electron chi connectivity index (χ4n) is 3.12. The molecule has 1 aliphatic heterocycles. The molecule has 3 rings (SSSR count). The van der Waals surface area contributed by atoms with E-state index in [1.807, 2.05) is 42.5 Å². The molecule has 2 aromatic rings. The lowest BCUT2D eigenvalue weighted by molar-refractivity contribution is -0.151. The monoisotopic (exact) mass is 373 g/mol. The summed E-state index contributed by atoms with van der Waals surface area (Å²) in [5.41, 5.74) is 3.20. The zero-order chi connectivity index (χ0) is 18.6. The SMILES string of the molecule is CS(=O)(=O)N1CCC(C(=O)OCc2ccc(-c3ccccc3)cc2)CC1. The first-order chi connectivity index (χ1) is 12.4. The molecule has 0 spiro atoms. The van der Waals surface area contributed by atoms with Crippen molar-refractivity contribution in [2.45, 2.75) is 19.4 Å². The first-order valence-corrected chi connectivity index (χ1v) is 10.5. The molecule has 0 amide bonds. The van der Waals surface area contributed by atoms with Crippen LogP contribution in [0.2, 0.25) is 0 Å². The number of hydrogen-bond donors (Lipinski definition) is 0. The van der Waals surface area contributed by atoms with E-state index in [1.165, 1.54) is 10.6 Å². The van der Waals surface area contributed by atoms with Crippen molar-refractivity contribution in [2.75, 3.05) is 19.3 Å². The zero-order valence-corrected chi connectivity index (χ0v) is 15.6. The molecule has 0 aliphatic carbocycles. The number of nitrogens with zero attached hydrogens (tertiary/aromatic N) is 1. The molecule has 0 radical (unpaired) electrons. The minimum Gasteiger partial charge on any atom is -0.461 e. The Morgan fingerprint density at radius 3 is 2.15 bits per heavy atom. The van der Waals surface area contributed by atoms with Gasteiger partial charge in [0.05, 0.1) is 12.2 Å². The number of carbonyl (C=O) groups is 1. The molecule has 0 bridgehead atoms. The predicted molar refractivity (Wildman–Crippen MR) is 101 cm³/mol. The van der Waals surface area contributed by atoms with Crippen LogP contribution in [0.4, 0.5) is 0 Å². The van der Waals surface area contributed by atoms with Crippen molar-refractivity contribution < 1.29 is 17.9 Å².